The van der Waals surface area contributed by atoms with Gasteiger partial charge in [-0.3, -0.25) is 0 Å². The van der Waals surface area contributed by atoms with Crippen LogP contribution in [0, 0.1) is 6.92 Å². The van der Waals surface area contributed by atoms with E-state index >= 15 is 0 Å². The van der Waals surface area contributed by atoms with Gasteiger partial charge in [-0.2, -0.15) is 0 Å². The number of hydrogen-bond donors (Lipinski definition) is 0. The standard InChI is InChI=1S/C6H6BrN3S/c1-4-2-5(7)6(11-4)3-9-10-8/h2H,3H2,1H3. The third kappa shape index (κ3) is 2.22. The molecule has 0 spiro atoms. The van der Waals surface area contributed by atoms with Gasteiger partial charge in [0.25, 0.3) is 0 Å². The third-order valence-electron chi connectivity index (χ3n) is 1.16. The molecule has 0 saturated carbocycles. The van der Waals surface area contributed by atoms with E-state index in [1.807, 2.05) is 13.0 Å². The highest BCUT2D eigenvalue weighted by molar-refractivity contribution is 9.10. The van der Waals surface area contributed by atoms with Crippen LogP contribution in [-0.2, 0) is 6.54 Å². The molecule has 1 aromatic rings. The molecule has 0 aromatic carbocycles. The summed E-state index contributed by atoms with van der Waals surface area (Å²) in [6, 6.07) is 2.02. The number of hydrogen-bond acceptors (Lipinski definition) is 2. The number of azide groups is 1. The van der Waals surface area contributed by atoms with Crippen LogP contribution < -0.4 is 0 Å². The van der Waals surface area contributed by atoms with Gasteiger partial charge in [-0.25, -0.2) is 0 Å². The SMILES string of the molecule is Cc1cc(Br)c(CN=[N+]=[N-])s1. The zero-order valence-electron chi connectivity index (χ0n) is 5.91. The quantitative estimate of drug-likeness (QED) is 0.424. The van der Waals surface area contributed by atoms with E-state index in [-0.39, 0.29) is 0 Å². The van der Waals surface area contributed by atoms with Gasteiger partial charge < -0.3 is 0 Å². The molecule has 1 aromatic heterocycles. The van der Waals surface area contributed by atoms with E-state index in [1.54, 1.807) is 11.3 Å². The van der Waals surface area contributed by atoms with Crippen LogP contribution >= 0.6 is 27.3 Å². The Morgan fingerprint density at radius 3 is 3.00 bits per heavy atom. The Bertz CT molecular complexity index is 301. The molecule has 58 valence electrons. The van der Waals surface area contributed by atoms with Gasteiger partial charge >= 0.3 is 0 Å². The largest absolute Gasteiger partial charge is 0.144 e. The van der Waals surface area contributed by atoms with Gasteiger partial charge in [0, 0.05) is 19.1 Å². The van der Waals surface area contributed by atoms with Crippen molar-refractivity contribution in [1.29, 1.82) is 0 Å². The molecule has 11 heavy (non-hydrogen) atoms. The van der Waals surface area contributed by atoms with Crippen molar-refractivity contribution in [3.8, 4) is 0 Å². The van der Waals surface area contributed by atoms with E-state index in [1.165, 1.54) is 4.88 Å². The monoisotopic (exact) mass is 231 g/mol. The fourth-order valence-corrected chi connectivity index (χ4v) is 2.44. The number of nitrogens with zero attached hydrogens (tertiary/aromatic N) is 3. The molecule has 0 radical (unpaired) electrons. The molecule has 0 aliphatic heterocycles. The zero-order chi connectivity index (χ0) is 8.27. The van der Waals surface area contributed by atoms with Crippen molar-refractivity contribution in [2.75, 3.05) is 0 Å². The van der Waals surface area contributed by atoms with E-state index in [2.05, 4.69) is 26.0 Å². The fraction of sp³-hybridized carbons (Fsp3) is 0.333. The summed E-state index contributed by atoms with van der Waals surface area (Å²) >= 11 is 5.02. The molecule has 0 amide bonds. The highest BCUT2D eigenvalue weighted by Crippen LogP contribution is 2.27. The smallest absolute Gasteiger partial charge is 0.0616 e. The lowest BCUT2D eigenvalue weighted by Gasteiger charge is -1.86. The minimum Gasteiger partial charge on any atom is -0.144 e. The third-order valence-corrected chi connectivity index (χ3v) is 3.16. The minimum atomic E-state index is 0.440. The Balaban J connectivity index is 2.85. The lowest BCUT2D eigenvalue weighted by atomic mass is 10.4. The topological polar surface area (TPSA) is 48.8 Å². The Morgan fingerprint density at radius 2 is 2.55 bits per heavy atom. The molecule has 0 bridgehead atoms. The average Bonchev–Trinajstić information content (AvgIpc) is 2.26. The first-order valence-electron chi connectivity index (χ1n) is 2.99. The molecule has 0 atom stereocenters. The van der Waals surface area contributed by atoms with Crippen LogP contribution in [0.25, 0.3) is 10.4 Å². The highest BCUT2D eigenvalue weighted by Gasteiger charge is 2.01. The van der Waals surface area contributed by atoms with E-state index in [0.717, 1.165) is 9.35 Å². The predicted octanol–water partition coefficient (Wildman–Crippen LogP) is 3.63. The molecule has 0 saturated heterocycles. The summed E-state index contributed by atoms with van der Waals surface area (Å²) in [5, 5.41) is 3.48. The van der Waals surface area contributed by atoms with Gasteiger partial charge in [-0.15, -0.1) is 11.3 Å². The second-order valence-electron chi connectivity index (χ2n) is 2.02. The Labute approximate surface area is 76.8 Å². The number of rotatable bonds is 2. The van der Waals surface area contributed by atoms with E-state index in [4.69, 9.17) is 5.53 Å². The Morgan fingerprint density at radius 1 is 1.82 bits per heavy atom. The molecule has 3 nitrogen and oxygen atoms in total. The van der Waals surface area contributed by atoms with Crippen molar-refractivity contribution in [2.24, 2.45) is 5.11 Å². The normalized spacial score (nSPS) is 9.27. The Hall–Kier alpha value is -0.510. The van der Waals surface area contributed by atoms with Gasteiger partial charge in [-0.1, -0.05) is 5.11 Å². The van der Waals surface area contributed by atoms with E-state index < -0.39 is 0 Å². The molecule has 5 heteroatoms. The number of thiophene rings is 1. The lowest BCUT2D eigenvalue weighted by Crippen LogP contribution is -1.70. The molecule has 0 aliphatic rings. The molecule has 0 aliphatic carbocycles. The van der Waals surface area contributed by atoms with E-state index in [0.29, 0.717) is 6.54 Å². The van der Waals surface area contributed by atoms with Crippen LogP contribution in [0.5, 0.6) is 0 Å². The summed E-state index contributed by atoms with van der Waals surface area (Å²) in [5.41, 5.74) is 8.07. The van der Waals surface area contributed by atoms with Crippen LogP contribution in [0.3, 0.4) is 0 Å². The first-order chi connectivity index (χ1) is 5.24. The molecule has 0 N–H and O–H groups in total. The van der Waals surface area contributed by atoms with Crippen LogP contribution in [0.1, 0.15) is 9.75 Å². The summed E-state index contributed by atoms with van der Waals surface area (Å²) in [7, 11) is 0. The van der Waals surface area contributed by atoms with Gasteiger partial charge in [-0.05, 0) is 34.5 Å². The van der Waals surface area contributed by atoms with Crippen LogP contribution in [0.4, 0.5) is 0 Å². The summed E-state index contributed by atoms with van der Waals surface area (Å²) in [6.45, 7) is 2.46. The lowest BCUT2D eigenvalue weighted by molar-refractivity contribution is 1.07. The maximum atomic E-state index is 8.07. The summed E-state index contributed by atoms with van der Waals surface area (Å²) in [5.74, 6) is 0. The molecular weight excluding hydrogens is 226 g/mol. The van der Waals surface area contributed by atoms with Crippen molar-refractivity contribution >= 4 is 27.3 Å². The maximum absolute atomic E-state index is 8.07. The van der Waals surface area contributed by atoms with Crippen LogP contribution in [0.2, 0.25) is 0 Å². The Kier molecular flexibility index (Phi) is 2.93. The highest BCUT2D eigenvalue weighted by atomic mass is 79.9. The molecule has 1 heterocycles. The molecule has 1 rings (SSSR count). The van der Waals surface area contributed by atoms with Crippen molar-refractivity contribution in [1.82, 2.24) is 0 Å². The minimum absolute atomic E-state index is 0.440. The first kappa shape index (κ1) is 8.59. The fourth-order valence-electron chi connectivity index (χ4n) is 0.735. The average molecular weight is 232 g/mol. The first-order valence-corrected chi connectivity index (χ1v) is 4.60. The second kappa shape index (κ2) is 3.76. The summed E-state index contributed by atoms with van der Waals surface area (Å²) in [4.78, 5) is 5.00. The van der Waals surface area contributed by atoms with Gasteiger partial charge in [0.15, 0.2) is 0 Å². The van der Waals surface area contributed by atoms with Crippen LogP contribution in [-0.4, -0.2) is 0 Å². The molecule has 0 unspecified atom stereocenters. The molecular formula is C6H6BrN3S. The van der Waals surface area contributed by atoms with Gasteiger partial charge in [0.05, 0.1) is 6.54 Å². The van der Waals surface area contributed by atoms with Crippen molar-refractivity contribution in [3.63, 3.8) is 0 Å². The van der Waals surface area contributed by atoms with Gasteiger partial charge in [0.1, 0.15) is 0 Å². The van der Waals surface area contributed by atoms with Gasteiger partial charge in [0.2, 0.25) is 0 Å². The molecule has 0 fully saturated rings. The van der Waals surface area contributed by atoms with E-state index in [9.17, 15) is 0 Å². The van der Waals surface area contributed by atoms with Crippen molar-refractivity contribution in [3.05, 3.63) is 30.7 Å². The van der Waals surface area contributed by atoms with Crippen molar-refractivity contribution < 1.29 is 0 Å². The van der Waals surface area contributed by atoms with Crippen LogP contribution in [0.15, 0.2) is 15.7 Å². The predicted molar refractivity (Wildman–Crippen MR) is 49.6 cm³/mol. The summed E-state index contributed by atoms with van der Waals surface area (Å²) in [6.07, 6.45) is 0. The zero-order valence-corrected chi connectivity index (χ0v) is 8.31. The number of halogens is 1. The summed E-state index contributed by atoms with van der Waals surface area (Å²) < 4.78 is 1.03. The number of aryl methyl sites for hydroxylation is 1. The maximum Gasteiger partial charge on any atom is 0.0616 e. The second-order valence-corrected chi connectivity index (χ2v) is 4.21. The van der Waals surface area contributed by atoms with Crippen molar-refractivity contribution in [2.45, 2.75) is 13.5 Å².